The van der Waals surface area contributed by atoms with Crippen molar-refractivity contribution in [3.05, 3.63) is 54.4 Å². The standard InChI is InChI=1S/C19H25N5O/c1-2-22(15-17-7-4-3-5-8-17)16-18(25)23-11-13-24(14-12-23)19-20-9-6-10-21-19/h3-10H,2,11-16H2,1H3. The Kier molecular flexibility index (Phi) is 5.95. The van der Waals surface area contributed by atoms with E-state index < -0.39 is 0 Å². The summed E-state index contributed by atoms with van der Waals surface area (Å²) < 4.78 is 0. The minimum Gasteiger partial charge on any atom is -0.338 e. The Morgan fingerprint density at radius 2 is 1.72 bits per heavy atom. The van der Waals surface area contributed by atoms with Gasteiger partial charge in [0.2, 0.25) is 11.9 Å². The van der Waals surface area contributed by atoms with E-state index in [1.165, 1.54) is 5.56 Å². The average Bonchev–Trinajstić information content (AvgIpc) is 2.69. The quantitative estimate of drug-likeness (QED) is 0.801. The fourth-order valence-corrected chi connectivity index (χ4v) is 3.02. The molecule has 0 N–H and O–H groups in total. The van der Waals surface area contributed by atoms with Gasteiger partial charge in [-0.2, -0.15) is 0 Å². The number of likely N-dealkylation sites (N-methyl/N-ethyl adjacent to an activating group) is 1. The Hall–Kier alpha value is -2.47. The van der Waals surface area contributed by atoms with Gasteiger partial charge in [0, 0.05) is 45.1 Å². The van der Waals surface area contributed by atoms with Gasteiger partial charge in [-0.05, 0) is 18.2 Å². The first kappa shape index (κ1) is 17.4. The number of aromatic nitrogens is 2. The highest BCUT2D eigenvalue weighted by Crippen LogP contribution is 2.11. The summed E-state index contributed by atoms with van der Waals surface area (Å²) in [5.41, 5.74) is 1.24. The Morgan fingerprint density at radius 1 is 1.04 bits per heavy atom. The van der Waals surface area contributed by atoms with Crippen LogP contribution in [0.3, 0.4) is 0 Å². The van der Waals surface area contributed by atoms with E-state index >= 15 is 0 Å². The van der Waals surface area contributed by atoms with E-state index in [1.54, 1.807) is 12.4 Å². The van der Waals surface area contributed by atoms with Gasteiger partial charge < -0.3 is 9.80 Å². The lowest BCUT2D eigenvalue weighted by Gasteiger charge is -2.35. The summed E-state index contributed by atoms with van der Waals surface area (Å²) in [5, 5.41) is 0. The van der Waals surface area contributed by atoms with Crippen LogP contribution >= 0.6 is 0 Å². The molecule has 1 aliphatic rings. The molecule has 1 aromatic heterocycles. The molecule has 1 fully saturated rings. The van der Waals surface area contributed by atoms with Crippen LogP contribution < -0.4 is 4.90 Å². The van der Waals surface area contributed by atoms with E-state index in [4.69, 9.17) is 0 Å². The number of anilines is 1. The molecule has 0 unspecified atom stereocenters. The van der Waals surface area contributed by atoms with Gasteiger partial charge >= 0.3 is 0 Å². The van der Waals surface area contributed by atoms with Gasteiger partial charge in [0.05, 0.1) is 6.54 Å². The maximum Gasteiger partial charge on any atom is 0.236 e. The van der Waals surface area contributed by atoms with Gasteiger partial charge in [0.15, 0.2) is 0 Å². The van der Waals surface area contributed by atoms with Crippen LogP contribution in [0, 0.1) is 0 Å². The normalized spacial score (nSPS) is 14.8. The topological polar surface area (TPSA) is 52.6 Å². The molecule has 2 heterocycles. The van der Waals surface area contributed by atoms with Crippen LogP contribution in [0.1, 0.15) is 12.5 Å². The first-order valence-corrected chi connectivity index (χ1v) is 8.82. The molecule has 6 heteroatoms. The number of benzene rings is 1. The molecule has 1 saturated heterocycles. The molecular formula is C19H25N5O. The monoisotopic (exact) mass is 339 g/mol. The second-order valence-electron chi connectivity index (χ2n) is 6.21. The van der Waals surface area contributed by atoms with Crippen molar-refractivity contribution in [3.8, 4) is 0 Å². The molecule has 0 bridgehead atoms. The van der Waals surface area contributed by atoms with E-state index in [9.17, 15) is 4.79 Å². The number of carbonyl (C=O) groups is 1. The summed E-state index contributed by atoms with van der Waals surface area (Å²) in [6, 6.07) is 12.1. The SMILES string of the molecule is CCN(CC(=O)N1CCN(c2ncccn2)CC1)Cc1ccccc1. The molecule has 1 amide bonds. The van der Waals surface area contributed by atoms with Crippen LogP contribution in [-0.2, 0) is 11.3 Å². The molecule has 0 radical (unpaired) electrons. The summed E-state index contributed by atoms with van der Waals surface area (Å²) in [5.74, 6) is 0.945. The molecule has 1 aromatic carbocycles. The number of hydrogen-bond donors (Lipinski definition) is 0. The van der Waals surface area contributed by atoms with E-state index in [2.05, 4.69) is 38.8 Å². The molecule has 0 aliphatic carbocycles. The highest BCUT2D eigenvalue weighted by atomic mass is 16.2. The lowest BCUT2D eigenvalue weighted by atomic mass is 10.2. The fourth-order valence-electron chi connectivity index (χ4n) is 3.02. The zero-order chi connectivity index (χ0) is 17.5. The van der Waals surface area contributed by atoms with E-state index in [-0.39, 0.29) is 5.91 Å². The lowest BCUT2D eigenvalue weighted by Crippen LogP contribution is -2.51. The molecule has 25 heavy (non-hydrogen) atoms. The third kappa shape index (κ3) is 4.76. The van der Waals surface area contributed by atoms with Crippen molar-refractivity contribution in [1.29, 1.82) is 0 Å². The Bertz CT molecular complexity index is 656. The number of carbonyl (C=O) groups excluding carboxylic acids is 1. The second-order valence-corrected chi connectivity index (χ2v) is 6.21. The number of rotatable bonds is 6. The predicted molar refractivity (Wildman–Crippen MR) is 98.2 cm³/mol. The minimum atomic E-state index is 0.200. The van der Waals surface area contributed by atoms with Crippen molar-refractivity contribution in [2.75, 3.05) is 44.2 Å². The number of piperazine rings is 1. The third-order valence-corrected chi connectivity index (χ3v) is 4.52. The molecule has 1 aliphatic heterocycles. The Labute approximate surface area is 149 Å². The maximum atomic E-state index is 12.6. The highest BCUT2D eigenvalue weighted by molar-refractivity contribution is 5.78. The van der Waals surface area contributed by atoms with Crippen molar-refractivity contribution in [1.82, 2.24) is 19.8 Å². The van der Waals surface area contributed by atoms with E-state index in [0.717, 1.165) is 45.2 Å². The van der Waals surface area contributed by atoms with Crippen LogP contribution in [-0.4, -0.2) is 64.9 Å². The van der Waals surface area contributed by atoms with Gasteiger partial charge in [-0.25, -0.2) is 9.97 Å². The van der Waals surface area contributed by atoms with Crippen molar-refractivity contribution >= 4 is 11.9 Å². The molecule has 132 valence electrons. The predicted octanol–water partition coefficient (Wildman–Crippen LogP) is 1.65. The lowest BCUT2D eigenvalue weighted by molar-refractivity contribution is -0.132. The zero-order valence-corrected chi connectivity index (χ0v) is 14.7. The van der Waals surface area contributed by atoms with E-state index in [1.807, 2.05) is 29.2 Å². The fraction of sp³-hybridized carbons (Fsp3) is 0.421. The summed E-state index contributed by atoms with van der Waals surface area (Å²) in [6.45, 7) is 7.23. The number of nitrogens with zero attached hydrogens (tertiary/aromatic N) is 5. The van der Waals surface area contributed by atoms with Crippen LogP contribution in [0.25, 0.3) is 0 Å². The van der Waals surface area contributed by atoms with Gasteiger partial charge in [-0.15, -0.1) is 0 Å². The molecule has 6 nitrogen and oxygen atoms in total. The van der Waals surface area contributed by atoms with Gasteiger partial charge in [0.25, 0.3) is 0 Å². The van der Waals surface area contributed by atoms with Crippen LogP contribution in [0.2, 0.25) is 0 Å². The number of amides is 1. The third-order valence-electron chi connectivity index (χ3n) is 4.52. The van der Waals surface area contributed by atoms with Crippen molar-refractivity contribution < 1.29 is 4.79 Å². The van der Waals surface area contributed by atoms with Gasteiger partial charge in [-0.3, -0.25) is 9.69 Å². The summed E-state index contributed by atoms with van der Waals surface area (Å²) in [6.07, 6.45) is 3.51. The summed E-state index contributed by atoms with van der Waals surface area (Å²) in [4.78, 5) is 27.5. The molecular weight excluding hydrogens is 314 g/mol. The smallest absolute Gasteiger partial charge is 0.236 e. The highest BCUT2D eigenvalue weighted by Gasteiger charge is 2.23. The molecule has 0 spiro atoms. The summed E-state index contributed by atoms with van der Waals surface area (Å²) in [7, 11) is 0. The van der Waals surface area contributed by atoms with Crippen molar-refractivity contribution in [2.45, 2.75) is 13.5 Å². The maximum absolute atomic E-state index is 12.6. The zero-order valence-electron chi connectivity index (χ0n) is 14.7. The second kappa shape index (κ2) is 8.58. The van der Waals surface area contributed by atoms with E-state index in [0.29, 0.717) is 6.54 Å². The van der Waals surface area contributed by atoms with Crippen LogP contribution in [0.5, 0.6) is 0 Å². The van der Waals surface area contributed by atoms with Crippen LogP contribution in [0.15, 0.2) is 48.8 Å². The minimum absolute atomic E-state index is 0.200. The first-order valence-electron chi connectivity index (χ1n) is 8.82. The van der Waals surface area contributed by atoms with Gasteiger partial charge in [-0.1, -0.05) is 37.3 Å². The molecule has 2 aromatic rings. The van der Waals surface area contributed by atoms with Crippen molar-refractivity contribution in [3.63, 3.8) is 0 Å². The molecule has 0 saturated carbocycles. The Balaban J connectivity index is 1.50. The molecule has 3 rings (SSSR count). The Morgan fingerprint density at radius 3 is 2.36 bits per heavy atom. The van der Waals surface area contributed by atoms with Crippen LogP contribution in [0.4, 0.5) is 5.95 Å². The van der Waals surface area contributed by atoms with Crippen molar-refractivity contribution in [2.24, 2.45) is 0 Å². The first-order chi connectivity index (χ1) is 12.3. The molecule has 0 atom stereocenters. The average molecular weight is 339 g/mol. The summed E-state index contributed by atoms with van der Waals surface area (Å²) >= 11 is 0. The van der Waals surface area contributed by atoms with Gasteiger partial charge in [0.1, 0.15) is 0 Å². The largest absolute Gasteiger partial charge is 0.338 e. The number of hydrogen-bond acceptors (Lipinski definition) is 5.